The van der Waals surface area contributed by atoms with Crippen LogP contribution in [0.15, 0.2) is 63.0 Å². The number of fused-ring (bicyclic) bond motifs is 1. The number of halogens is 2. The molecular weight excluding hydrogens is 572 g/mol. The molecule has 0 aliphatic rings. The van der Waals surface area contributed by atoms with E-state index in [0.29, 0.717) is 21.2 Å². The van der Waals surface area contributed by atoms with Gasteiger partial charge in [0.2, 0.25) is 11.6 Å². The fraction of sp³-hybridized carbons (Fsp3) is 0.130. The molecule has 14 heteroatoms. The molecule has 0 amide bonds. The Balaban J connectivity index is 1.86. The predicted molar refractivity (Wildman–Crippen MR) is 140 cm³/mol. The lowest BCUT2D eigenvalue weighted by molar-refractivity contribution is -0.385. The molecule has 2 aromatic carbocycles. The van der Waals surface area contributed by atoms with Crippen molar-refractivity contribution in [1.29, 1.82) is 0 Å². The van der Waals surface area contributed by atoms with Crippen LogP contribution in [0.2, 0.25) is 5.02 Å². The van der Waals surface area contributed by atoms with Crippen LogP contribution in [-0.4, -0.2) is 30.7 Å². The number of nitro groups is 2. The molecule has 12 nitrogen and oxygen atoms in total. The number of pyridine rings is 1. The van der Waals surface area contributed by atoms with Crippen molar-refractivity contribution in [1.82, 2.24) is 14.6 Å². The van der Waals surface area contributed by atoms with Crippen LogP contribution in [0.1, 0.15) is 31.2 Å². The van der Waals surface area contributed by atoms with Crippen LogP contribution in [0.25, 0.3) is 10.9 Å². The molecule has 0 saturated heterocycles. The lowest BCUT2D eigenvalue weighted by Gasteiger charge is -2.12. The monoisotopic (exact) mass is 586 g/mol. The van der Waals surface area contributed by atoms with Crippen molar-refractivity contribution in [3.8, 4) is 11.6 Å². The third-order valence-corrected chi connectivity index (χ3v) is 5.77. The molecule has 0 bridgehead atoms. The summed E-state index contributed by atoms with van der Waals surface area (Å²) in [5.74, 6) is -0.225. The van der Waals surface area contributed by atoms with Gasteiger partial charge in [-0.1, -0.05) is 41.4 Å². The van der Waals surface area contributed by atoms with Crippen LogP contribution < -0.4 is 10.3 Å². The minimum atomic E-state index is -0.704. The van der Waals surface area contributed by atoms with Crippen LogP contribution in [0, 0.1) is 20.2 Å². The smallest absolute Gasteiger partial charge is 0.313 e. The number of nitrogens with zero attached hydrogens (tertiary/aromatic N) is 6. The van der Waals surface area contributed by atoms with E-state index in [2.05, 4.69) is 31.0 Å². The van der Waals surface area contributed by atoms with Gasteiger partial charge in [-0.3, -0.25) is 25.0 Å². The summed E-state index contributed by atoms with van der Waals surface area (Å²) in [6.45, 7) is 3.69. The lowest BCUT2D eigenvalue weighted by Crippen LogP contribution is -2.23. The molecule has 37 heavy (non-hydrogen) atoms. The highest BCUT2D eigenvalue weighted by atomic mass is 79.9. The topological polar surface area (TPSA) is 156 Å². The van der Waals surface area contributed by atoms with Crippen molar-refractivity contribution in [2.24, 2.45) is 5.10 Å². The number of benzene rings is 2. The molecule has 0 unspecified atom stereocenters. The molecular formula is C23H16BrClN6O6. The molecule has 0 N–H and O–H groups in total. The van der Waals surface area contributed by atoms with Crippen molar-refractivity contribution >= 4 is 56.0 Å². The number of hydrogen-bond donors (Lipinski definition) is 0. The Bertz CT molecular complexity index is 1640. The number of hydrogen-bond acceptors (Lipinski definition) is 9. The van der Waals surface area contributed by atoms with E-state index in [4.69, 9.17) is 16.3 Å². The molecule has 0 fully saturated rings. The zero-order valence-corrected chi connectivity index (χ0v) is 21.5. The quantitative estimate of drug-likeness (QED) is 0.149. The van der Waals surface area contributed by atoms with Crippen LogP contribution in [0.5, 0.6) is 11.6 Å². The highest BCUT2D eigenvalue weighted by Crippen LogP contribution is 2.36. The van der Waals surface area contributed by atoms with Gasteiger partial charge in [0.25, 0.3) is 11.2 Å². The van der Waals surface area contributed by atoms with E-state index in [1.165, 1.54) is 18.3 Å². The molecule has 0 atom stereocenters. The van der Waals surface area contributed by atoms with Gasteiger partial charge in [-0.25, -0.2) is 9.97 Å². The van der Waals surface area contributed by atoms with E-state index in [1.807, 2.05) is 13.8 Å². The standard InChI is InChI=1S/C23H16BrClN6O6/c1-12(2)22-28-18-5-3-14(24)8-17(18)23(32)29(22)27-10-13-7-15(25)9-19(31(35)36)21(13)37-20-6-4-16(11-26-20)30(33)34/h3-12H,1-2H3. The average molecular weight is 588 g/mol. The predicted octanol–water partition coefficient (Wildman–Crippen LogP) is 5.82. The van der Waals surface area contributed by atoms with E-state index in [1.54, 1.807) is 18.2 Å². The number of ether oxygens (including phenoxy) is 1. The first-order chi connectivity index (χ1) is 17.5. The highest BCUT2D eigenvalue weighted by Gasteiger charge is 2.23. The van der Waals surface area contributed by atoms with Crippen molar-refractivity contribution in [3.05, 3.63) is 100 Å². The second-order valence-corrected chi connectivity index (χ2v) is 9.31. The van der Waals surface area contributed by atoms with Gasteiger partial charge in [0.15, 0.2) is 0 Å². The zero-order valence-electron chi connectivity index (χ0n) is 19.2. The second kappa shape index (κ2) is 10.4. The van der Waals surface area contributed by atoms with Gasteiger partial charge >= 0.3 is 5.69 Å². The van der Waals surface area contributed by atoms with E-state index in [9.17, 15) is 25.0 Å². The summed E-state index contributed by atoms with van der Waals surface area (Å²) in [7, 11) is 0. The average Bonchev–Trinajstić information content (AvgIpc) is 2.84. The molecule has 2 heterocycles. The maximum Gasteiger partial charge on any atom is 0.313 e. The number of nitro benzene ring substituents is 1. The first kappa shape index (κ1) is 25.9. The number of aromatic nitrogens is 3. The molecule has 188 valence electrons. The Kier molecular flexibility index (Phi) is 7.27. The summed E-state index contributed by atoms with van der Waals surface area (Å²) >= 11 is 9.46. The van der Waals surface area contributed by atoms with Crippen molar-refractivity contribution in [2.75, 3.05) is 0 Å². The van der Waals surface area contributed by atoms with Crippen LogP contribution in [-0.2, 0) is 0 Å². The summed E-state index contributed by atoms with van der Waals surface area (Å²) < 4.78 is 7.43. The van der Waals surface area contributed by atoms with Gasteiger partial charge in [0, 0.05) is 39.2 Å². The normalized spacial score (nSPS) is 11.4. The molecule has 0 saturated carbocycles. The van der Waals surface area contributed by atoms with Crippen molar-refractivity contribution in [2.45, 2.75) is 19.8 Å². The first-order valence-corrected chi connectivity index (χ1v) is 11.7. The van der Waals surface area contributed by atoms with E-state index >= 15 is 0 Å². The SMILES string of the molecule is CC(C)c1nc2ccc(Br)cc2c(=O)n1N=Cc1cc(Cl)cc([N+](=O)[O-])c1Oc1ccc([N+](=O)[O-])cn1. The Labute approximate surface area is 221 Å². The third-order valence-electron chi connectivity index (χ3n) is 5.06. The summed E-state index contributed by atoms with van der Waals surface area (Å²) in [5, 5.41) is 27.3. The minimum absolute atomic E-state index is 0.0224. The Morgan fingerprint density at radius 1 is 1.14 bits per heavy atom. The fourth-order valence-electron chi connectivity index (χ4n) is 3.36. The van der Waals surface area contributed by atoms with Gasteiger partial charge in [-0.15, -0.1) is 0 Å². The van der Waals surface area contributed by atoms with Gasteiger partial charge < -0.3 is 4.74 Å². The highest BCUT2D eigenvalue weighted by molar-refractivity contribution is 9.10. The molecule has 0 aliphatic heterocycles. The van der Waals surface area contributed by atoms with E-state index < -0.39 is 21.1 Å². The molecule has 0 aliphatic carbocycles. The van der Waals surface area contributed by atoms with Gasteiger partial charge in [-0.2, -0.15) is 9.78 Å². The molecule has 0 radical (unpaired) electrons. The Hall–Kier alpha value is -4.23. The van der Waals surface area contributed by atoms with Crippen molar-refractivity contribution in [3.63, 3.8) is 0 Å². The Morgan fingerprint density at radius 2 is 1.89 bits per heavy atom. The largest absolute Gasteiger partial charge is 0.431 e. The lowest BCUT2D eigenvalue weighted by atomic mass is 10.1. The molecule has 4 rings (SSSR count). The number of rotatable bonds is 7. The maximum absolute atomic E-state index is 13.3. The molecule has 2 aromatic heterocycles. The summed E-state index contributed by atoms with van der Waals surface area (Å²) in [5.41, 5.74) is -0.658. The van der Waals surface area contributed by atoms with Gasteiger partial charge in [0.1, 0.15) is 12.0 Å². The van der Waals surface area contributed by atoms with Crippen molar-refractivity contribution < 1.29 is 14.6 Å². The molecule has 0 spiro atoms. The third kappa shape index (κ3) is 5.47. The fourth-order valence-corrected chi connectivity index (χ4v) is 3.94. The second-order valence-electron chi connectivity index (χ2n) is 7.96. The Morgan fingerprint density at radius 3 is 2.51 bits per heavy atom. The van der Waals surface area contributed by atoms with Gasteiger partial charge in [0.05, 0.1) is 27.0 Å². The molecule has 4 aromatic rings. The summed E-state index contributed by atoms with van der Waals surface area (Å²) in [4.78, 5) is 43.0. The van der Waals surface area contributed by atoms with Crippen LogP contribution >= 0.6 is 27.5 Å². The summed E-state index contributed by atoms with van der Waals surface area (Å²) in [6, 6.07) is 9.90. The van der Waals surface area contributed by atoms with E-state index in [0.717, 1.165) is 23.0 Å². The summed E-state index contributed by atoms with van der Waals surface area (Å²) in [6.07, 6.45) is 2.15. The maximum atomic E-state index is 13.3. The van der Waals surface area contributed by atoms with E-state index in [-0.39, 0.29) is 33.8 Å². The zero-order chi connectivity index (χ0) is 26.9. The minimum Gasteiger partial charge on any atom is -0.431 e. The van der Waals surface area contributed by atoms with Gasteiger partial charge in [-0.05, 0) is 24.3 Å². The first-order valence-electron chi connectivity index (χ1n) is 10.6. The van der Waals surface area contributed by atoms with Crippen LogP contribution in [0.3, 0.4) is 0 Å². The van der Waals surface area contributed by atoms with Crippen LogP contribution in [0.4, 0.5) is 11.4 Å².